The van der Waals surface area contributed by atoms with Crippen molar-refractivity contribution in [1.82, 2.24) is 9.97 Å². The Morgan fingerprint density at radius 3 is 3.05 bits per heavy atom. The van der Waals surface area contributed by atoms with Crippen molar-refractivity contribution in [3.05, 3.63) is 41.9 Å². The number of hydrogen-bond acceptors (Lipinski definition) is 2. The molecular formula is C17H16N3+. The Labute approximate surface area is 117 Å². The molecule has 5 heterocycles. The monoisotopic (exact) mass is 262 g/mol. The van der Waals surface area contributed by atoms with E-state index < -0.39 is 0 Å². The molecule has 3 aromatic rings. The van der Waals surface area contributed by atoms with Gasteiger partial charge >= 0.3 is 0 Å². The molecule has 0 spiro atoms. The van der Waals surface area contributed by atoms with Crippen LogP contribution in [0, 0.1) is 0 Å². The van der Waals surface area contributed by atoms with Crippen molar-refractivity contribution in [2.75, 3.05) is 0 Å². The average molecular weight is 262 g/mol. The summed E-state index contributed by atoms with van der Waals surface area (Å²) >= 11 is 0. The molecule has 0 aromatic carbocycles. The Hall–Kier alpha value is -2.03. The van der Waals surface area contributed by atoms with Crippen molar-refractivity contribution in [3.8, 4) is 0 Å². The predicted octanol–water partition coefficient (Wildman–Crippen LogP) is 2.68. The van der Waals surface area contributed by atoms with Crippen LogP contribution in [-0.2, 0) is 18.4 Å². The summed E-state index contributed by atoms with van der Waals surface area (Å²) in [7, 11) is 0. The number of aryl methyl sites for hydroxylation is 1. The highest BCUT2D eigenvalue weighted by molar-refractivity contribution is 6.02. The minimum absolute atomic E-state index is 0.209. The molecule has 0 radical (unpaired) electrons. The van der Waals surface area contributed by atoms with Crippen LogP contribution < -0.4 is 4.57 Å². The topological polar surface area (TPSA) is 29.7 Å². The fourth-order valence-corrected chi connectivity index (χ4v) is 4.26. The number of rotatable bonds is 1. The van der Waals surface area contributed by atoms with Gasteiger partial charge in [-0.15, -0.1) is 0 Å². The Morgan fingerprint density at radius 1 is 1.25 bits per heavy atom. The van der Waals surface area contributed by atoms with Crippen LogP contribution in [0.4, 0.5) is 0 Å². The van der Waals surface area contributed by atoms with E-state index in [1.54, 1.807) is 0 Å². The molecule has 3 heteroatoms. The molecule has 4 bridgehead atoms. The number of aromatic nitrogens is 3. The van der Waals surface area contributed by atoms with E-state index in [4.69, 9.17) is 0 Å². The van der Waals surface area contributed by atoms with Crippen molar-refractivity contribution < 1.29 is 4.57 Å². The first-order valence-electron chi connectivity index (χ1n) is 7.43. The molecule has 3 aliphatic rings. The normalized spacial score (nSPS) is 23.1. The highest BCUT2D eigenvalue weighted by Crippen LogP contribution is 2.41. The van der Waals surface area contributed by atoms with Crippen molar-refractivity contribution in [2.24, 2.45) is 0 Å². The van der Waals surface area contributed by atoms with E-state index in [9.17, 15) is 0 Å². The minimum Gasteiger partial charge on any atom is -0.254 e. The molecule has 0 fully saturated rings. The number of fused-ring (bicyclic) bond motifs is 1. The Morgan fingerprint density at radius 2 is 2.15 bits per heavy atom. The zero-order valence-corrected chi connectivity index (χ0v) is 11.6. The highest BCUT2D eigenvalue weighted by atomic mass is 15.1. The van der Waals surface area contributed by atoms with Gasteiger partial charge in [-0.25, -0.2) is 4.98 Å². The molecule has 0 saturated heterocycles. The first kappa shape index (κ1) is 10.7. The van der Waals surface area contributed by atoms with Gasteiger partial charge in [0.1, 0.15) is 5.52 Å². The lowest BCUT2D eigenvalue weighted by molar-refractivity contribution is -0.743. The fraction of sp³-hybridized carbons (Fsp3) is 0.353. The number of pyridine rings is 3. The Bertz CT molecular complexity index is 884. The van der Waals surface area contributed by atoms with Crippen LogP contribution in [0.15, 0.2) is 30.7 Å². The molecule has 1 unspecified atom stereocenters. The van der Waals surface area contributed by atoms with Gasteiger partial charge < -0.3 is 0 Å². The maximum Gasteiger partial charge on any atom is 0.241 e. The third-order valence-electron chi connectivity index (χ3n) is 5.37. The summed E-state index contributed by atoms with van der Waals surface area (Å²) in [6.45, 7) is 2.31. The maximum atomic E-state index is 4.65. The van der Waals surface area contributed by atoms with Crippen LogP contribution in [0.5, 0.6) is 0 Å². The van der Waals surface area contributed by atoms with Crippen molar-refractivity contribution in [1.29, 1.82) is 0 Å². The molecule has 1 atom stereocenters. The van der Waals surface area contributed by atoms with Crippen LogP contribution in [0.25, 0.3) is 21.9 Å². The van der Waals surface area contributed by atoms with Gasteiger partial charge in [0.05, 0.1) is 17.1 Å². The Kier molecular flexibility index (Phi) is 1.79. The van der Waals surface area contributed by atoms with Crippen LogP contribution in [0.2, 0.25) is 0 Å². The fourth-order valence-electron chi connectivity index (χ4n) is 4.26. The lowest BCUT2D eigenvalue weighted by Crippen LogP contribution is -2.57. The van der Waals surface area contributed by atoms with E-state index in [-0.39, 0.29) is 5.54 Å². The van der Waals surface area contributed by atoms with E-state index in [0.29, 0.717) is 0 Å². The summed E-state index contributed by atoms with van der Waals surface area (Å²) in [5, 5.41) is 1.35. The molecular weight excluding hydrogens is 246 g/mol. The first-order chi connectivity index (χ1) is 9.82. The lowest BCUT2D eigenvalue weighted by atomic mass is 9.77. The predicted molar refractivity (Wildman–Crippen MR) is 77.5 cm³/mol. The van der Waals surface area contributed by atoms with Gasteiger partial charge in [-0.05, 0) is 23.6 Å². The average Bonchev–Trinajstić information content (AvgIpc) is 2.71. The SMILES string of the molecule is CCC12CCc3c(cnc4cnc5ccc[n+]1c5c34)C2. The van der Waals surface area contributed by atoms with Crippen LogP contribution >= 0.6 is 0 Å². The molecule has 3 nitrogen and oxygen atoms in total. The summed E-state index contributed by atoms with van der Waals surface area (Å²) in [5.41, 5.74) is 6.61. The third-order valence-corrected chi connectivity index (χ3v) is 5.37. The molecule has 2 aliphatic heterocycles. The van der Waals surface area contributed by atoms with E-state index >= 15 is 0 Å². The summed E-state index contributed by atoms with van der Waals surface area (Å²) in [5.74, 6) is 0. The minimum atomic E-state index is 0.209. The van der Waals surface area contributed by atoms with Gasteiger partial charge in [-0.3, -0.25) is 4.98 Å². The lowest BCUT2D eigenvalue weighted by Gasteiger charge is -2.30. The van der Waals surface area contributed by atoms with Crippen LogP contribution in [0.1, 0.15) is 30.9 Å². The zero-order chi connectivity index (χ0) is 13.3. The standard InChI is InChI=1S/C17H16N3/c1-2-17-6-5-12-11(8-17)9-18-14-10-19-13-4-3-7-20(17)16(13)15(12)14/h3-4,7,9-10H,2,5-6,8H2,1H3/q+1. The van der Waals surface area contributed by atoms with Crippen molar-refractivity contribution >= 4 is 21.9 Å². The molecule has 3 aromatic heterocycles. The van der Waals surface area contributed by atoms with Crippen LogP contribution in [-0.4, -0.2) is 9.97 Å². The maximum absolute atomic E-state index is 4.65. The van der Waals surface area contributed by atoms with Gasteiger partial charge in [0.2, 0.25) is 5.52 Å². The van der Waals surface area contributed by atoms with Gasteiger partial charge in [0.25, 0.3) is 0 Å². The molecule has 0 amide bonds. The largest absolute Gasteiger partial charge is 0.254 e. The number of hydrogen-bond donors (Lipinski definition) is 0. The summed E-state index contributed by atoms with van der Waals surface area (Å²) in [6, 6.07) is 4.26. The molecule has 1 aliphatic carbocycles. The zero-order valence-electron chi connectivity index (χ0n) is 11.6. The molecule has 6 rings (SSSR count). The number of nitrogens with zero attached hydrogens (tertiary/aromatic N) is 3. The van der Waals surface area contributed by atoms with Crippen molar-refractivity contribution in [2.45, 2.75) is 38.1 Å². The molecule has 98 valence electrons. The second kappa shape index (κ2) is 3.35. The van der Waals surface area contributed by atoms with Gasteiger partial charge in [-0.2, -0.15) is 4.57 Å². The molecule has 0 N–H and O–H groups in total. The van der Waals surface area contributed by atoms with Gasteiger partial charge in [0, 0.05) is 31.5 Å². The van der Waals surface area contributed by atoms with Gasteiger partial charge in [0.15, 0.2) is 11.7 Å². The third kappa shape index (κ3) is 1.06. The first-order valence-corrected chi connectivity index (χ1v) is 7.43. The summed E-state index contributed by atoms with van der Waals surface area (Å²) in [4.78, 5) is 9.28. The van der Waals surface area contributed by atoms with Crippen molar-refractivity contribution in [3.63, 3.8) is 0 Å². The second-order valence-electron chi connectivity index (χ2n) is 6.15. The van der Waals surface area contributed by atoms with E-state index in [2.05, 4.69) is 46.0 Å². The van der Waals surface area contributed by atoms with Gasteiger partial charge in [-0.1, -0.05) is 6.92 Å². The summed E-state index contributed by atoms with van der Waals surface area (Å²) < 4.78 is 2.50. The highest BCUT2D eigenvalue weighted by Gasteiger charge is 2.46. The quantitative estimate of drug-likeness (QED) is 0.498. The van der Waals surface area contributed by atoms with E-state index in [1.807, 2.05) is 6.20 Å². The summed E-state index contributed by atoms with van der Waals surface area (Å²) in [6.07, 6.45) is 10.9. The van der Waals surface area contributed by atoms with E-state index in [0.717, 1.165) is 23.9 Å². The smallest absolute Gasteiger partial charge is 0.241 e. The van der Waals surface area contributed by atoms with E-state index in [1.165, 1.54) is 34.9 Å². The molecule has 20 heavy (non-hydrogen) atoms. The second-order valence-corrected chi connectivity index (χ2v) is 6.15. The Balaban J connectivity index is 2.14. The molecule has 0 saturated carbocycles. The van der Waals surface area contributed by atoms with Crippen LogP contribution in [0.3, 0.4) is 0 Å².